The van der Waals surface area contributed by atoms with Crippen molar-refractivity contribution in [2.24, 2.45) is 11.7 Å². The Morgan fingerprint density at radius 3 is 2.87 bits per heavy atom. The molecule has 2 rings (SSSR count). The van der Waals surface area contributed by atoms with Crippen LogP contribution in [0.5, 0.6) is 5.75 Å². The molecule has 0 aliphatic carbocycles. The third-order valence-electron chi connectivity index (χ3n) is 4.21. The second-order valence-corrected chi connectivity index (χ2v) is 6.23. The van der Waals surface area contributed by atoms with Crippen LogP contribution in [0.3, 0.4) is 0 Å². The molecule has 1 amide bonds. The molecular formula is C18H28N2O3. The minimum absolute atomic E-state index is 0.147. The normalized spacial score (nSPS) is 16.8. The summed E-state index contributed by atoms with van der Waals surface area (Å²) in [4.78, 5) is 12.0. The first-order valence-electron chi connectivity index (χ1n) is 8.47. The van der Waals surface area contributed by atoms with E-state index in [0.29, 0.717) is 18.9 Å². The van der Waals surface area contributed by atoms with Crippen LogP contribution < -0.4 is 15.8 Å². The highest BCUT2D eigenvalue weighted by molar-refractivity contribution is 5.94. The number of carbonyl (C=O) groups is 1. The van der Waals surface area contributed by atoms with Crippen LogP contribution >= 0.6 is 0 Å². The number of amides is 1. The molecule has 1 aliphatic rings. The standard InChI is InChI=1S/C18H28N2O3/c1-3-4-16(19)18(21)20-15-6-5-13(2)17(11-15)23-12-14-7-9-22-10-8-14/h5-6,11,14,16H,3-4,7-10,12,19H2,1-2H3,(H,20,21). The van der Waals surface area contributed by atoms with E-state index in [1.165, 1.54) is 0 Å². The molecule has 1 saturated heterocycles. The van der Waals surface area contributed by atoms with Crippen molar-refractivity contribution < 1.29 is 14.3 Å². The van der Waals surface area contributed by atoms with E-state index in [9.17, 15) is 4.79 Å². The first-order chi connectivity index (χ1) is 11.1. The van der Waals surface area contributed by atoms with Crippen LogP contribution in [0.1, 0.15) is 38.2 Å². The molecule has 0 aromatic heterocycles. The third-order valence-corrected chi connectivity index (χ3v) is 4.21. The average molecular weight is 320 g/mol. The van der Waals surface area contributed by atoms with Gasteiger partial charge in [-0.25, -0.2) is 0 Å². The van der Waals surface area contributed by atoms with Crippen molar-refractivity contribution in [3.05, 3.63) is 23.8 Å². The number of hydrogen-bond acceptors (Lipinski definition) is 4. The molecule has 1 aliphatic heterocycles. The quantitative estimate of drug-likeness (QED) is 0.810. The summed E-state index contributed by atoms with van der Waals surface area (Å²) in [5.41, 5.74) is 7.64. The lowest BCUT2D eigenvalue weighted by Gasteiger charge is -2.22. The van der Waals surface area contributed by atoms with Crippen LogP contribution in [0.25, 0.3) is 0 Å². The minimum Gasteiger partial charge on any atom is -0.493 e. The number of anilines is 1. The van der Waals surface area contributed by atoms with E-state index in [2.05, 4.69) is 5.32 Å². The molecule has 0 radical (unpaired) electrons. The van der Waals surface area contributed by atoms with E-state index in [0.717, 1.165) is 49.5 Å². The van der Waals surface area contributed by atoms with Gasteiger partial charge >= 0.3 is 0 Å². The summed E-state index contributed by atoms with van der Waals surface area (Å²) in [5, 5.41) is 2.87. The van der Waals surface area contributed by atoms with Gasteiger partial charge < -0.3 is 20.5 Å². The molecule has 1 fully saturated rings. The van der Waals surface area contributed by atoms with Gasteiger partial charge in [-0.2, -0.15) is 0 Å². The van der Waals surface area contributed by atoms with E-state index in [1.807, 2.05) is 32.0 Å². The average Bonchev–Trinajstić information content (AvgIpc) is 2.56. The molecule has 3 N–H and O–H groups in total. The maximum atomic E-state index is 12.0. The topological polar surface area (TPSA) is 73.6 Å². The SMILES string of the molecule is CCCC(N)C(=O)Nc1ccc(C)c(OCC2CCOCC2)c1. The van der Waals surface area contributed by atoms with Gasteiger partial charge in [-0.15, -0.1) is 0 Å². The lowest BCUT2D eigenvalue weighted by molar-refractivity contribution is -0.117. The first-order valence-corrected chi connectivity index (χ1v) is 8.47. The molecule has 0 spiro atoms. The Balaban J connectivity index is 1.93. The Morgan fingerprint density at radius 2 is 2.17 bits per heavy atom. The molecule has 5 nitrogen and oxygen atoms in total. The second kappa shape index (κ2) is 8.89. The highest BCUT2D eigenvalue weighted by Crippen LogP contribution is 2.25. The predicted octanol–water partition coefficient (Wildman–Crippen LogP) is 2.87. The summed E-state index contributed by atoms with van der Waals surface area (Å²) in [6.07, 6.45) is 3.66. The number of rotatable bonds is 7. The first kappa shape index (κ1) is 17.8. The zero-order chi connectivity index (χ0) is 16.7. The fourth-order valence-electron chi connectivity index (χ4n) is 2.63. The van der Waals surface area contributed by atoms with Crippen molar-refractivity contribution in [2.45, 2.75) is 45.6 Å². The molecule has 1 aromatic rings. The molecule has 5 heteroatoms. The van der Waals surface area contributed by atoms with Gasteiger partial charge in [-0.1, -0.05) is 19.4 Å². The summed E-state index contributed by atoms with van der Waals surface area (Å²) in [6.45, 7) is 6.35. The third kappa shape index (κ3) is 5.52. The number of nitrogens with one attached hydrogen (secondary N) is 1. The largest absolute Gasteiger partial charge is 0.493 e. The Hall–Kier alpha value is -1.59. The number of carbonyl (C=O) groups excluding carboxylic acids is 1. The fraction of sp³-hybridized carbons (Fsp3) is 0.611. The van der Waals surface area contributed by atoms with Crippen molar-refractivity contribution in [3.63, 3.8) is 0 Å². The number of benzene rings is 1. The lowest BCUT2D eigenvalue weighted by Crippen LogP contribution is -2.35. The highest BCUT2D eigenvalue weighted by Gasteiger charge is 2.16. The van der Waals surface area contributed by atoms with Gasteiger partial charge in [0.1, 0.15) is 5.75 Å². The molecule has 128 valence electrons. The van der Waals surface area contributed by atoms with Crippen molar-refractivity contribution in [2.75, 3.05) is 25.1 Å². The van der Waals surface area contributed by atoms with Crippen LogP contribution in [0.2, 0.25) is 0 Å². The van der Waals surface area contributed by atoms with E-state index in [4.69, 9.17) is 15.2 Å². The van der Waals surface area contributed by atoms with Crippen LogP contribution in [-0.2, 0) is 9.53 Å². The predicted molar refractivity (Wildman–Crippen MR) is 91.7 cm³/mol. The van der Waals surface area contributed by atoms with E-state index in [1.54, 1.807) is 0 Å². The Bertz CT molecular complexity index is 513. The van der Waals surface area contributed by atoms with Crippen molar-refractivity contribution >= 4 is 11.6 Å². The van der Waals surface area contributed by atoms with Crippen molar-refractivity contribution in [1.82, 2.24) is 0 Å². The number of aryl methyl sites for hydroxylation is 1. The summed E-state index contributed by atoms with van der Waals surface area (Å²) in [7, 11) is 0. The zero-order valence-electron chi connectivity index (χ0n) is 14.1. The summed E-state index contributed by atoms with van der Waals surface area (Å²) < 4.78 is 11.3. The van der Waals surface area contributed by atoms with E-state index in [-0.39, 0.29) is 5.91 Å². The number of hydrogen-bond donors (Lipinski definition) is 2. The summed E-state index contributed by atoms with van der Waals surface area (Å²) in [6, 6.07) is 5.26. The molecule has 0 bridgehead atoms. The number of ether oxygens (including phenoxy) is 2. The fourth-order valence-corrected chi connectivity index (χ4v) is 2.63. The van der Waals surface area contributed by atoms with Gasteiger partial charge in [0.2, 0.25) is 5.91 Å². The smallest absolute Gasteiger partial charge is 0.241 e. The van der Waals surface area contributed by atoms with Crippen LogP contribution in [-0.4, -0.2) is 31.8 Å². The molecular weight excluding hydrogens is 292 g/mol. The summed E-state index contributed by atoms with van der Waals surface area (Å²) >= 11 is 0. The zero-order valence-corrected chi connectivity index (χ0v) is 14.1. The Kier molecular flexibility index (Phi) is 6.86. The van der Waals surface area contributed by atoms with E-state index >= 15 is 0 Å². The van der Waals surface area contributed by atoms with Gasteiger partial charge in [-0.3, -0.25) is 4.79 Å². The monoisotopic (exact) mass is 320 g/mol. The van der Waals surface area contributed by atoms with E-state index < -0.39 is 6.04 Å². The van der Waals surface area contributed by atoms with Gasteiger partial charge in [0.05, 0.1) is 12.6 Å². The maximum absolute atomic E-state index is 12.0. The molecule has 0 saturated carbocycles. The highest BCUT2D eigenvalue weighted by atomic mass is 16.5. The van der Waals surface area contributed by atoms with Gasteiger partial charge in [0.15, 0.2) is 0 Å². The van der Waals surface area contributed by atoms with Crippen molar-refractivity contribution in [3.8, 4) is 5.75 Å². The van der Waals surface area contributed by atoms with Gasteiger partial charge in [-0.05, 0) is 43.7 Å². The minimum atomic E-state index is -0.465. The van der Waals surface area contributed by atoms with Crippen LogP contribution in [0.15, 0.2) is 18.2 Å². The Morgan fingerprint density at radius 1 is 1.43 bits per heavy atom. The molecule has 1 atom stereocenters. The molecule has 1 unspecified atom stereocenters. The van der Waals surface area contributed by atoms with Crippen LogP contribution in [0, 0.1) is 12.8 Å². The second-order valence-electron chi connectivity index (χ2n) is 6.23. The number of nitrogens with two attached hydrogens (primary N) is 1. The molecule has 23 heavy (non-hydrogen) atoms. The molecule has 1 aromatic carbocycles. The van der Waals surface area contributed by atoms with Gasteiger partial charge in [0, 0.05) is 25.0 Å². The van der Waals surface area contributed by atoms with Crippen molar-refractivity contribution in [1.29, 1.82) is 0 Å². The Labute approximate surface area is 138 Å². The van der Waals surface area contributed by atoms with Crippen LogP contribution in [0.4, 0.5) is 5.69 Å². The lowest BCUT2D eigenvalue weighted by atomic mass is 10.0. The molecule has 1 heterocycles. The maximum Gasteiger partial charge on any atom is 0.241 e. The summed E-state index contributed by atoms with van der Waals surface area (Å²) in [5.74, 6) is 1.21. The van der Waals surface area contributed by atoms with Gasteiger partial charge in [0.25, 0.3) is 0 Å².